The van der Waals surface area contributed by atoms with Gasteiger partial charge in [0.2, 0.25) is 0 Å². The van der Waals surface area contributed by atoms with Crippen molar-refractivity contribution in [3.8, 4) is 40.1 Å². The maximum absolute atomic E-state index is 10.0. The van der Waals surface area contributed by atoms with Crippen molar-refractivity contribution >= 4 is 75.8 Å². The molecular weight excluding hydrogens is 685 g/mol. The van der Waals surface area contributed by atoms with Crippen LogP contribution < -0.4 is 4.74 Å². The van der Waals surface area contributed by atoms with Crippen molar-refractivity contribution in [1.29, 1.82) is 10.5 Å². The first-order valence-corrected chi connectivity index (χ1v) is 18.5. The normalized spacial score (nSPS) is 11.6. The molecule has 6 nitrogen and oxygen atoms in total. The number of aryl methyl sites for hydroxylation is 2. The number of nitriles is 2. The molecular formula is C47H30N4O2S. The average molecular weight is 715 g/mol. The Balaban J connectivity index is 1.60. The number of methoxy groups -OCH3 is 1. The summed E-state index contributed by atoms with van der Waals surface area (Å²) in [6.07, 6.45) is 0. The Bertz CT molecular complexity index is 3380. The van der Waals surface area contributed by atoms with E-state index < -0.39 is 0 Å². The molecule has 7 aromatic carbocycles. The molecule has 256 valence electrons. The Morgan fingerprint density at radius 1 is 0.593 bits per heavy atom. The molecule has 2 bridgehead atoms. The summed E-state index contributed by atoms with van der Waals surface area (Å²) in [7, 11) is 1.69. The molecule has 0 aliphatic rings. The fourth-order valence-corrected chi connectivity index (χ4v) is 8.94. The summed E-state index contributed by atoms with van der Waals surface area (Å²) < 4.78 is 19.7. The molecule has 0 aliphatic heterocycles. The van der Waals surface area contributed by atoms with Crippen LogP contribution in [-0.4, -0.2) is 15.9 Å². The van der Waals surface area contributed by atoms with Gasteiger partial charge >= 0.3 is 0 Å². The number of nitrogens with zero attached hydrogens (tertiary/aromatic N) is 4. The van der Waals surface area contributed by atoms with Crippen molar-refractivity contribution in [2.45, 2.75) is 13.8 Å². The van der Waals surface area contributed by atoms with Crippen LogP contribution in [0.4, 0.5) is 0 Å². The second kappa shape index (κ2) is 12.0. The summed E-state index contributed by atoms with van der Waals surface area (Å²) in [5.41, 5.74) is 14.4. The Morgan fingerprint density at radius 2 is 1.24 bits per heavy atom. The van der Waals surface area contributed by atoms with Crippen LogP contribution in [0.3, 0.4) is 0 Å². The molecule has 0 fully saturated rings. The number of hydrogen-bond donors (Lipinski definition) is 0. The highest BCUT2D eigenvalue weighted by Gasteiger charge is 2.20. The highest BCUT2D eigenvalue weighted by Crippen LogP contribution is 2.42. The lowest BCUT2D eigenvalue weighted by atomic mass is 9.92. The number of hydrogen-bond acceptors (Lipinski definition) is 5. The lowest BCUT2D eigenvalue weighted by Gasteiger charge is -2.18. The van der Waals surface area contributed by atoms with E-state index in [-0.39, 0.29) is 0 Å². The van der Waals surface area contributed by atoms with Crippen molar-refractivity contribution < 1.29 is 9.15 Å². The fraction of sp³-hybridized carbons (Fsp3) is 0.0638. The van der Waals surface area contributed by atoms with Crippen molar-refractivity contribution in [2.24, 2.45) is 0 Å². The predicted octanol–water partition coefficient (Wildman–Crippen LogP) is 12.4. The minimum atomic E-state index is 0.568. The summed E-state index contributed by atoms with van der Waals surface area (Å²) in [6.45, 7) is 4.22. The van der Waals surface area contributed by atoms with E-state index in [1.54, 1.807) is 18.4 Å². The first-order chi connectivity index (χ1) is 26.4. The SMILES string of the molecule is COc1ccc2sc3ccc4cc3n(c2c1)c1cc(-c2cccc(C#N)c2)c(-c2cccc(C#N)c2)cc1n1c2cc(C)ccc2c2ccc(C)c(o4)c21. The molecule has 0 radical (unpaired) electrons. The van der Waals surface area contributed by atoms with Crippen molar-refractivity contribution in [2.75, 3.05) is 7.11 Å². The van der Waals surface area contributed by atoms with Gasteiger partial charge in [0.25, 0.3) is 0 Å². The van der Waals surface area contributed by atoms with Gasteiger partial charge in [-0.3, -0.25) is 0 Å². The second-order valence-electron chi connectivity index (χ2n) is 13.7. The highest BCUT2D eigenvalue weighted by molar-refractivity contribution is 7.24. The van der Waals surface area contributed by atoms with Crippen molar-refractivity contribution in [3.63, 3.8) is 0 Å². The summed E-state index contributed by atoms with van der Waals surface area (Å²) in [6, 6.07) is 48.2. The Labute approximate surface area is 313 Å². The summed E-state index contributed by atoms with van der Waals surface area (Å²) in [4.78, 5) is 0. The van der Waals surface area contributed by atoms with Crippen LogP contribution in [0, 0.1) is 36.5 Å². The Morgan fingerprint density at radius 3 is 1.93 bits per heavy atom. The van der Waals surface area contributed by atoms with Gasteiger partial charge < -0.3 is 18.0 Å². The molecule has 10 aromatic rings. The number of benzene rings is 7. The molecule has 0 atom stereocenters. The zero-order valence-corrected chi connectivity index (χ0v) is 30.5. The van der Waals surface area contributed by atoms with Crippen LogP contribution in [0.5, 0.6) is 5.75 Å². The van der Waals surface area contributed by atoms with Crippen molar-refractivity contribution in [1.82, 2.24) is 8.80 Å². The third-order valence-corrected chi connectivity index (χ3v) is 11.6. The summed E-state index contributed by atoms with van der Waals surface area (Å²) >= 11 is 1.72. The predicted molar refractivity (Wildman–Crippen MR) is 220 cm³/mol. The van der Waals surface area contributed by atoms with Crippen LogP contribution in [0.25, 0.3) is 86.7 Å². The molecule has 0 aliphatic carbocycles. The van der Waals surface area contributed by atoms with Crippen LogP contribution in [-0.2, 0) is 0 Å². The van der Waals surface area contributed by atoms with Gasteiger partial charge in [-0.05, 0) is 114 Å². The van der Waals surface area contributed by atoms with Crippen LogP contribution >= 0.6 is 11.3 Å². The molecule has 0 saturated carbocycles. The Hall–Kier alpha value is -7.06. The van der Waals surface area contributed by atoms with E-state index in [9.17, 15) is 10.5 Å². The number of rotatable bonds is 3. The Kier molecular flexibility index (Phi) is 7.03. The van der Waals surface area contributed by atoms with Gasteiger partial charge in [-0.2, -0.15) is 10.5 Å². The van der Waals surface area contributed by atoms with E-state index in [0.29, 0.717) is 11.1 Å². The van der Waals surface area contributed by atoms with Gasteiger partial charge in [0.05, 0.1) is 72.9 Å². The lowest BCUT2D eigenvalue weighted by molar-refractivity contribution is 0.415. The molecule has 54 heavy (non-hydrogen) atoms. The monoisotopic (exact) mass is 714 g/mol. The van der Waals surface area contributed by atoms with Gasteiger partial charge in [0, 0.05) is 22.9 Å². The largest absolute Gasteiger partial charge is 0.497 e. The zero-order valence-electron chi connectivity index (χ0n) is 29.6. The van der Waals surface area contributed by atoms with Crippen molar-refractivity contribution in [3.05, 3.63) is 150 Å². The number of ether oxygens (including phenoxy) is 1. The fourth-order valence-electron chi connectivity index (χ4n) is 7.92. The maximum Gasteiger partial charge on any atom is 0.154 e. The van der Waals surface area contributed by atoms with E-state index in [1.807, 2.05) is 48.5 Å². The summed E-state index contributed by atoms with van der Waals surface area (Å²) in [5.74, 6) is 0.751. The standard InChI is InChI=1S/C47H30N4O2S/c1-27-10-14-35-36-15-11-28(2)47-46(36)51(39(35)18-27)41-24-38(32-9-5-7-30(20-32)26-49)37(31-8-4-6-29(19-31)25-48)23-40(41)50-42-21-33(52-3)12-16-44(42)54-45-17-13-34(53-47)22-43(45)50/h4-24H,1-3H3. The molecule has 3 aromatic heterocycles. The molecule has 10 rings (SSSR count). The minimum Gasteiger partial charge on any atom is -0.497 e. The van der Waals surface area contributed by atoms with Gasteiger partial charge in [0.1, 0.15) is 11.3 Å². The minimum absolute atomic E-state index is 0.568. The van der Waals surface area contributed by atoms with E-state index in [4.69, 9.17) is 9.15 Å². The van der Waals surface area contributed by atoms with Gasteiger partial charge in [-0.15, -0.1) is 11.3 Å². The second-order valence-corrected chi connectivity index (χ2v) is 14.8. The van der Waals surface area contributed by atoms with E-state index >= 15 is 0 Å². The van der Waals surface area contributed by atoms with E-state index in [1.165, 1.54) is 0 Å². The van der Waals surface area contributed by atoms with Gasteiger partial charge in [-0.25, -0.2) is 0 Å². The van der Waals surface area contributed by atoms with E-state index in [0.717, 1.165) is 104 Å². The maximum atomic E-state index is 10.0. The quantitative estimate of drug-likeness (QED) is 0.171. The molecule has 0 saturated heterocycles. The highest BCUT2D eigenvalue weighted by atomic mass is 32.1. The molecule has 0 amide bonds. The zero-order chi connectivity index (χ0) is 36.7. The van der Waals surface area contributed by atoms with Gasteiger partial charge in [0.15, 0.2) is 5.58 Å². The van der Waals surface area contributed by atoms with Gasteiger partial charge in [-0.1, -0.05) is 48.5 Å². The molecule has 0 unspecified atom stereocenters. The van der Waals surface area contributed by atoms with Crippen LogP contribution in [0.1, 0.15) is 22.3 Å². The number of fused-ring (bicyclic) bond motifs is 9. The average Bonchev–Trinajstić information content (AvgIpc) is 3.53. The molecule has 0 spiro atoms. The first kappa shape index (κ1) is 31.7. The molecule has 3 heterocycles. The third-order valence-electron chi connectivity index (χ3n) is 10.5. The first-order valence-electron chi connectivity index (χ1n) is 17.6. The summed E-state index contributed by atoms with van der Waals surface area (Å²) in [5, 5.41) is 22.2. The third kappa shape index (κ3) is 4.77. The van der Waals surface area contributed by atoms with Crippen LogP contribution in [0.15, 0.2) is 132 Å². The lowest BCUT2D eigenvalue weighted by Crippen LogP contribution is -1.99. The molecule has 0 N–H and O–H groups in total. The van der Waals surface area contributed by atoms with E-state index in [2.05, 4.69) is 114 Å². The number of aromatic nitrogens is 2. The van der Waals surface area contributed by atoms with Crippen LogP contribution in [0.2, 0.25) is 0 Å². The molecule has 7 heteroatoms. The smallest absolute Gasteiger partial charge is 0.154 e. The topological polar surface area (TPSA) is 78.8 Å².